The first-order valence-electron chi connectivity index (χ1n) is 8.47. The number of fused-ring (bicyclic) bond motifs is 2. The van der Waals surface area contributed by atoms with Crippen LogP contribution in [0, 0.1) is 12.8 Å². The second-order valence-electron chi connectivity index (χ2n) is 7.05. The topological polar surface area (TPSA) is 105 Å². The van der Waals surface area contributed by atoms with Gasteiger partial charge in [0.25, 0.3) is 11.3 Å². The molecular formula is C16H22N6O3. The largest absolute Gasteiger partial charge is 0.376 e. The highest BCUT2D eigenvalue weighted by Gasteiger charge is 2.55. The van der Waals surface area contributed by atoms with Gasteiger partial charge in [-0.3, -0.25) is 14.7 Å². The molecule has 0 spiro atoms. The number of carbonyl (C=O) groups is 1. The molecule has 1 saturated carbocycles. The van der Waals surface area contributed by atoms with Gasteiger partial charge in [-0.05, 0) is 27.4 Å². The monoisotopic (exact) mass is 346 g/mol. The Labute approximate surface area is 144 Å². The van der Waals surface area contributed by atoms with Crippen LogP contribution in [-0.4, -0.2) is 69.3 Å². The second kappa shape index (κ2) is 5.92. The van der Waals surface area contributed by atoms with Crippen molar-refractivity contribution in [2.24, 2.45) is 5.92 Å². The van der Waals surface area contributed by atoms with E-state index < -0.39 is 0 Å². The smallest absolute Gasteiger partial charge is 0.274 e. The molecule has 0 radical (unpaired) electrons. The summed E-state index contributed by atoms with van der Waals surface area (Å²) < 4.78 is 7.01. The molecule has 1 amide bonds. The zero-order valence-electron chi connectivity index (χ0n) is 14.5. The molecule has 25 heavy (non-hydrogen) atoms. The van der Waals surface area contributed by atoms with Gasteiger partial charge in [-0.2, -0.15) is 9.50 Å². The molecule has 1 aliphatic heterocycles. The van der Waals surface area contributed by atoms with Crippen molar-refractivity contribution in [1.29, 1.82) is 0 Å². The van der Waals surface area contributed by atoms with Crippen LogP contribution in [0.1, 0.15) is 17.9 Å². The van der Waals surface area contributed by atoms with Gasteiger partial charge in [-0.25, -0.2) is 4.98 Å². The molecule has 134 valence electrons. The molecule has 1 saturated heterocycles. The van der Waals surface area contributed by atoms with E-state index in [1.54, 1.807) is 6.92 Å². The Hall–Kier alpha value is -2.26. The highest BCUT2D eigenvalue weighted by atomic mass is 16.5. The van der Waals surface area contributed by atoms with Crippen molar-refractivity contribution in [3.63, 3.8) is 0 Å². The van der Waals surface area contributed by atoms with Crippen molar-refractivity contribution < 1.29 is 9.53 Å². The van der Waals surface area contributed by atoms with Crippen molar-refractivity contribution in [2.75, 3.05) is 20.7 Å². The molecule has 4 atom stereocenters. The second-order valence-corrected chi connectivity index (χ2v) is 7.05. The first kappa shape index (κ1) is 16.2. The van der Waals surface area contributed by atoms with E-state index >= 15 is 0 Å². The van der Waals surface area contributed by atoms with Crippen molar-refractivity contribution in [3.8, 4) is 0 Å². The molecule has 4 rings (SSSR count). The van der Waals surface area contributed by atoms with Gasteiger partial charge >= 0.3 is 0 Å². The molecule has 2 fully saturated rings. The van der Waals surface area contributed by atoms with Crippen LogP contribution >= 0.6 is 0 Å². The molecule has 0 unspecified atom stereocenters. The molecule has 0 bridgehead atoms. The molecule has 9 nitrogen and oxygen atoms in total. The summed E-state index contributed by atoms with van der Waals surface area (Å²) in [4.78, 5) is 34.9. The van der Waals surface area contributed by atoms with Gasteiger partial charge < -0.3 is 15.0 Å². The van der Waals surface area contributed by atoms with E-state index in [1.165, 1.54) is 10.6 Å². The molecule has 2 N–H and O–H groups in total. The summed E-state index contributed by atoms with van der Waals surface area (Å²) >= 11 is 0. The maximum Gasteiger partial charge on any atom is 0.274 e. The van der Waals surface area contributed by atoms with Crippen molar-refractivity contribution in [2.45, 2.75) is 38.0 Å². The highest BCUT2D eigenvalue weighted by molar-refractivity contribution is 5.78. The number of likely N-dealkylation sites (N-methyl/N-ethyl adjacent to an activating group) is 1. The minimum absolute atomic E-state index is 0.0801. The summed E-state index contributed by atoms with van der Waals surface area (Å²) in [7, 11) is 4.00. The fraction of sp³-hybridized carbons (Fsp3) is 0.625. The number of aromatic nitrogens is 4. The molecule has 2 aromatic rings. The lowest BCUT2D eigenvalue weighted by molar-refractivity contribution is -0.127. The number of aromatic amines is 1. The molecule has 2 aliphatic rings. The van der Waals surface area contributed by atoms with Gasteiger partial charge in [0.1, 0.15) is 5.82 Å². The molecule has 1 aliphatic carbocycles. The first-order chi connectivity index (χ1) is 11.9. The number of aryl methyl sites for hydroxylation is 1. The lowest BCUT2D eigenvalue weighted by Gasteiger charge is -2.50. The molecule has 2 aromatic heterocycles. The number of hydrogen-bond donors (Lipinski definition) is 2. The molecule has 9 heteroatoms. The maximum atomic E-state index is 12.5. The van der Waals surface area contributed by atoms with Crippen LogP contribution in [0.5, 0.6) is 0 Å². The lowest BCUT2D eigenvalue weighted by Crippen LogP contribution is -2.69. The lowest BCUT2D eigenvalue weighted by atomic mass is 9.71. The van der Waals surface area contributed by atoms with Gasteiger partial charge in [-0.15, -0.1) is 0 Å². The van der Waals surface area contributed by atoms with Crippen LogP contribution in [0.25, 0.3) is 5.78 Å². The van der Waals surface area contributed by atoms with Gasteiger partial charge in [-0.1, -0.05) is 0 Å². The minimum atomic E-state index is -0.237. The Morgan fingerprint density at radius 3 is 3.04 bits per heavy atom. The summed E-state index contributed by atoms with van der Waals surface area (Å²) in [5.41, 5.74) is 0.363. The van der Waals surface area contributed by atoms with E-state index in [9.17, 15) is 9.59 Å². The summed E-state index contributed by atoms with van der Waals surface area (Å²) in [6.45, 7) is 2.49. The summed E-state index contributed by atoms with van der Waals surface area (Å²) in [6, 6.07) is 1.70. The summed E-state index contributed by atoms with van der Waals surface area (Å²) in [5.74, 6) is 0.963. The van der Waals surface area contributed by atoms with E-state index in [4.69, 9.17) is 4.74 Å². The number of rotatable bonds is 4. The van der Waals surface area contributed by atoms with Gasteiger partial charge in [0.05, 0.1) is 24.6 Å². The van der Waals surface area contributed by atoms with E-state index in [2.05, 4.69) is 25.3 Å². The van der Waals surface area contributed by atoms with Crippen molar-refractivity contribution >= 4 is 11.7 Å². The van der Waals surface area contributed by atoms with Crippen LogP contribution in [0.3, 0.4) is 0 Å². The Kier molecular flexibility index (Phi) is 3.84. The Bertz CT molecular complexity index is 872. The Balaban J connectivity index is 1.47. The predicted molar refractivity (Wildman–Crippen MR) is 89.3 cm³/mol. The fourth-order valence-electron chi connectivity index (χ4n) is 3.99. The fourth-order valence-corrected chi connectivity index (χ4v) is 3.99. The van der Waals surface area contributed by atoms with E-state index in [0.717, 1.165) is 13.0 Å². The number of H-pyrrole nitrogens is 1. The van der Waals surface area contributed by atoms with E-state index in [1.807, 2.05) is 14.1 Å². The van der Waals surface area contributed by atoms with E-state index in [-0.39, 0.29) is 41.9 Å². The first-order valence-corrected chi connectivity index (χ1v) is 8.47. The number of hydrogen-bond acceptors (Lipinski definition) is 6. The zero-order valence-corrected chi connectivity index (χ0v) is 14.5. The quantitative estimate of drug-likeness (QED) is 0.744. The number of nitrogens with zero attached hydrogens (tertiary/aromatic N) is 4. The molecule has 0 aromatic carbocycles. The normalized spacial score (nSPS) is 28.2. The van der Waals surface area contributed by atoms with Crippen molar-refractivity contribution in [3.05, 3.63) is 27.9 Å². The number of ether oxygens (including phenoxy) is 1. The van der Waals surface area contributed by atoms with Crippen LogP contribution < -0.4 is 10.9 Å². The Morgan fingerprint density at radius 1 is 1.48 bits per heavy atom. The summed E-state index contributed by atoms with van der Waals surface area (Å²) in [6.07, 6.45) is 1.26. The minimum Gasteiger partial charge on any atom is -0.376 e. The highest BCUT2D eigenvalue weighted by Crippen LogP contribution is 2.41. The van der Waals surface area contributed by atoms with E-state index in [0.29, 0.717) is 17.4 Å². The SMILES string of the molecule is Cc1cc(=O)n2[nH]c(CC(=O)N[C@H]3[C@H]4CCO[C@H]4[C@@H]3N(C)C)nc2n1. The Morgan fingerprint density at radius 2 is 2.28 bits per heavy atom. The maximum absolute atomic E-state index is 12.5. The molecule has 3 heterocycles. The third-order valence-electron chi connectivity index (χ3n) is 5.11. The third kappa shape index (κ3) is 2.73. The molecular weight excluding hydrogens is 324 g/mol. The van der Waals surface area contributed by atoms with Crippen LogP contribution in [-0.2, 0) is 16.0 Å². The number of nitrogens with one attached hydrogen (secondary N) is 2. The number of carbonyl (C=O) groups excluding carboxylic acids is 1. The van der Waals surface area contributed by atoms with Crippen LogP contribution in [0.15, 0.2) is 10.9 Å². The van der Waals surface area contributed by atoms with Crippen LogP contribution in [0.2, 0.25) is 0 Å². The zero-order chi connectivity index (χ0) is 17.7. The van der Waals surface area contributed by atoms with Crippen molar-refractivity contribution in [1.82, 2.24) is 29.8 Å². The number of amides is 1. The van der Waals surface area contributed by atoms with Gasteiger partial charge in [0.2, 0.25) is 5.91 Å². The predicted octanol–water partition coefficient (Wildman–Crippen LogP) is -0.898. The third-order valence-corrected chi connectivity index (χ3v) is 5.11. The average Bonchev–Trinajstić information content (AvgIpc) is 3.08. The van der Waals surface area contributed by atoms with Gasteiger partial charge in [0, 0.05) is 24.3 Å². The standard InChI is InChI=1S/C16H22N6O3/c1-8-6-12(24)22-16(17-8)18-10(20-22)7-11(23)19-13-9-4-5-25-15(9)14(13)21(2)3/h6,9,13-15H,4-5,7H2,1-3H3,(H,19,23)(H,17,18,20)/t9-,13+,14-,15-/m1/s1. The van der Waals surface area contributed by atoms with Crippen LogP contribution in [0.4, 0.5) is 0 Å². The average molecular weight is 346 g/mol. The van der Waals surface area contributed by atoms with Gasteiger partial charge in [0.15, 0.2) is 0 Å². The summed E-state index contributed by atoms with van der Waals surface area (Å²) in [5, 5.41) is 5.96.